The lowest BCUT2D eigenvalue weighted by molar-refractivity contribution is -0.274. The van der Waals surface area contributed by atoms with Crippen molar-refractivity contribution in [1.82, 2.24) is 0 Å². The molecule has 1 aromatic rings. The van der Waals surface area contributed by atoms with Crippen LogP contribution in [0.5, 0.6) is 11.5 Å². The fourth-order valence-electron chi connectivity index (χ4n) is 0.885. The molecule has 9 heteroatoms. The number of hydrogen-bond acceptors (Lipinski definition) is 4. The summed E-state index contributed by atoms with van der Waals surface area (Å²) in [5, 5.41) is 16.7. The van der Waals surface area contributed by atoms with Crippen LogP contribution in [0.15, 0.2) is 18.2 Å². The van der Waals surface area contributed by atoms with Crippen LogP contribution < -0.4 is 9.39 Å². The van der Waals surface area contributed by atoms with Gasteiger partial charge in [0.1, 0.15) is 11.5 Å². The summed E-state index contributed by atoms with van der Waals surface area (Å²) in [5.41, 5.74) is 0. The number of benzene rings is 1. The Morgan fingerprint density at radius 1 is 1.19 bits per heavy atom. The van der Waals surface area contributed by atoms with Crippen LogP contribution in [0, 0.1) is 5.82 Å². The molecular weight excluding hydrogens is 235 g/mol. The number of halogens is 4. The van der Waals surface area contributed by atoms with Crippen molar-refractivity contribution in [3.8, 4) is 11.5 Å². The maximum absolute atomic E-state index is 12.9. The highest BCUT2D eigenvalue weighted by molar-refractivity contribution is 6.33. The van der Waals surface area contributed by atoms with Gasteiger partial charge < -0.3 is 19.4 Å². The van der Waals surface area contributed by atoms with E-state index in [9.17, 15) is 17.6 Å². The van der Waals surface area contributed by atoms with E-state index < -0.39 is 31.0 Å². The van der Waals surface area contributed by atoms with Crippen molar-refractivity contribution in [2.45, 2.75) is 6.36 Å². The van der Waals surface area contributed by atoms with Crippen LogP contribution >= 0.6 is 0 Å². The second-order valence-corrected chi connectivity index (χ2v) is 2.58. The van der Waals surface area contributed by atoms with Gasteiger partial charge in [-0.3, -0.25) is 0 Å². The number of hydrogen-bond donors (Lipinski definition) is 2. The number of ether oxygens (including phenoxy) is 1. The fraction of sp³-hybridized carbons (Fsp3) is 0.143. The molecule has 88 valence electrons. The Bertz CT molecular complexity index is 368. The molecule has 0 aliphatic heterocycles. The van der Waals surface area contributed by atoms with Crippen LogP contribution in [0.3, 0.4) is 0 Å². The highest BCUT2D eigenvalue weighted by atomic mass is 19.4. The van der Waals surface area contributed by atoms with Gasteiger partial charge in [-0.1, -0.05) is 0 Å². The summed E-state index contributed by atoms with van der Waals surface area (Å²) in [6.45, 7) is 0. The van der Waals surface area contributed by atoms with Crippen molar-refractivity contribution in [2.75, 3.05) is 0 Å². The quantitative estimate of drug-likeness (QED) is 0.612. The average molecular weight is 240 g/mol. The van der Waals surface area contributed by atoms with Crippen LogP contribution in [0.1, 0.15) is 0 Å². The first-order valence-electron chi connectivity index (χ1n) is 3.86. The molecule has 4 nitrogen and oxygen atoms in total. The summed E-state index contributed by atoms with van der Waals surface area (Å²) >= 11 is 0. The lowest BCUT2D eigenvalue weighted by Gasteiger charge is -2.11. The third kappa shape index (κ3) is 3.95. The van der Waals surface area contributed by atoms with Gasteiger partial charge in [0.05, 0.1) is 0 Å². The largest absolute Gasteiger partial charge is 0.707 e. The van der Waals surface area contributed by atoms with E-state index in [1.807, 2.05) is 0 Å². The van der Waals surface area contributed by atoms with Crippen LogP contribution in [0.4, 0.5) is 17.6 Å². The van der Waals surface area contributed by atoms with E-state index in [1.54, 1.807) is 0 Å². The molecule has 0 unspecified atom stereocenters. The Hall–Kier alpha value is -1.48. The van der Waals surface area contributed by atoms with Crippen molar-refractivity contribution in [3.05, 3.63) is 24.0 Å². The molecule has 0 bridgehead atoms. The standard InChI is InChI=1S/C7H5BF4O4/c9-5-2-1-4(15-7(10,11)12)3-6(5)16-8(13)14/h1-3,13-14H. The van der Waals surface area contributed by atoms with Gasteiger partial charge in [0, 0.05) is 6.07 Å². The molecule has 0 aromatic heterocycles. The van der Waals surface area contributed by atoms with E-state index in [4.69, 9.17) is 10.0 Å². The van der Waals surface area contributed by atoms with Gasteiger partial charge in [0.2, 0.25) is 0 Å². The molecule has 0 spiro atoms. The molecule has 0 heterocycles. The minimum atomic E-state index is -4.92. The summed E-state index contributed by atoms with van der Waals surface area (Å²) in [6, 6.07) is 1.90. The fourth-order valence-corrected chi connectivity index (χ4v) is 0.885. The third-order valence-electron chi connectivity index (χ3n) is 1.37. The van der Waals surface area contributed by atoms with Gasteiger partial charge in [0.15, 0.2) is 5.82 Å². The maximum atomic E-state index is 12.9. The normalized spacial score (nSPS) is 11.1. The zero-order valence-corrected chi connectivity index (χ0v) is 7.53. The first-order chi connectivity index (χ1) is 7.28. The van der Waals surface area contributed by atoms with Gasteiger partial charge in [-0.15, -0.1) is 13.2 Å². The van der Waals surface area contributed by atoms with Crippen molar-refractivity contribution < 1.29 is 37.0 Å². The minimum Gasteiger partial charge on any atom is -0.509 e. The number of rotatable bonds is 3. The van der Waals surface area contributed by atoms with Crippen LogP contribution in [0.25, 0.3) is 0 Å². The highest BCUT2D eigenvalue weighted by Gasteiger charge is 2.31. The Labute approximate surface area is 87.2 Å². The van der Waals surface area contributed by atoms with Crippen molar-refractivity contribution in [3.63, 3.8) is 0 Å². The molecule has 0 atom stereocenters. The Balaban J connectivity index is 2.89. The van der Waals surface area contributed by atoms with Crippen molar-refractivity contribution in [2.24, 2.45) is 0 Å². The van der Waals surface area contributed by atoms with Crippen LogP contribution in [0.2, 0.25) is 0 Å². The van der Waals surface area contributed by atoms with Gasteiger partial charge in [-0.05, 0) is 12.1 Å². The second-order valence-electron chi connectivity index (χ2n) is 2.58. The molecule has 1 rings (SSSR count). The molecule has 2 N–H and O–H groups in total. The smallest absolute Gasteiger partial charge is 0.509 e. The van der Waals surface area contributed by atoms with E-state index in [-0.39, 0.29) is 0 Å². The minimum absolute atomic E-state index is 0.544. The summed E-state index contributed by atoms with van der Waals surface area (Å²) in [7, 11) is -2.34. The monoisotopic (exact) mass is 240 g/mol. The Kier molecular flexibility index (Phi) is 3.60. The molecule has 0 fully saturated rings. The van der Waals surface area contributed by atoms with E-state index in [1.165, 1.54) is 0 Å². The zero-order valence-electron chi connectivity index (χ0n) is 7.53. The van der Waals surface area contributed by atoms with E-state index in [2.05, 4.69) is 9.39 Å². The van der Waals surface area contributed by atoms with Gasteiger partial charge in [-0.25, -0.2) is 4.39 Å². The molecule has 0 saturated heterocycles. The lowest BCUT2D eigenvalue weighted by Crippen LogP contribution is -2.21. The van der Waals surface area contributed by atoms with Crippen LogP contribution in [-0.4, -0.2) is 23.7 Å². The first kappa shape index (κ1) is 12.6. The van der Waals surface area contributed by atoms with Gasteiger partial charge in [-0.2, -0.15) is 0 Å². The van der Waals surface area contributed by atoms with E-state index >= 15 is 0 Å². The highest BCUT2D eigenvalue weighted by Crippen LogP contribution is 2.28. The predicted octanol–water partition coefficient (Wildman–Crippen LogP) is 1.07. The number of alkyl halides is 3. The van der Waals surface area contributed by atoms with Crippen molar-refractivity contribution in [1.29, 1.82) is 0 Å². The summed E-state index contributed by atoms with van der Waals surface area (Å²) in [6.07, 6.45) is -4.92. The zero-order chi connectivity index (χ0) is 12.3. The Morgan fingerprint density at radius 3 is 2.31 bits per heavy atom. The van der Waals surface area contributed by atoms with E-state index in [0.717, 1.165) is 6.07 Å². The average Bonchev–Trinajstić information content (AvgIpc) is 2.07. The predicted molar refractivity (Wildman–Crippen MR) is 43.9 cm³/mol. The van der Waals surface area contributed by atoms with Gasteiger partial charge in [0.25, 0.3) is 0 Å². The lowest BCUT2D eigenvalue weighted by atomic mass is 10.2. The topological polar surface area (TPSA) is 58.9 Å². The maximum Gasteiger partial charge on any atom is 0.707 e. The van der Waals surface area contributed by atoms with Crippen molar-refractivity contribution >= 4 is 7.32 Å². The summed E-state index contributed by atoms with van der Waals surface area (Å²) in [5.74, 6) is -2.55. The molecule has 0 saturated carbocycles. The third-order valence-corrected chi connectivity index (χ3v) is 1.37. The Morgan fingerprint density at radius 2 is 1.81 bits per heavy atom. The SMILES string of the molecule is OB(O)Oc1cc(OC(F)(F)F)ccc1F. The molecule has 0 aliphatic carbocycles. The second kappa shape index (κ2) is 4.58. The van der Waals surface area contributed by atoms with Gasteiger partial charge >= 0.3 is 13.7 Å². The first-order valence-corrected chi connectivity index (χ1v) is 3.86. The molecular formula is C7H5BF4O4. The van der Waals surface area contributed by atoms with Crippen LogP contribution in [-0.2, 0) is 0 Å². The molecule has 0 radical (unpaired) electrons. The molecule has 1 aromatic carbocycles. The summed E-state index contributed by atoms with van der Waals surface area (Å²) in [4.78, 5) is 0. The molecule has 0 aliphatic rings. The molecule has 0 amide bonds. The van der Waals surface area contributed by atoms with E-state index in [0.29, 0.717) is 12.1 Å². The molecule has 16 heavy (non-hydrogen) atoms. The summed E-state index contributed by atoms with van der Waals surface area (Å²) < 4.78 is 55.8.